The van der Waals surface area contributed by atoms with Crippen LogP contribution in [0.15, 0.2) is 24.3 Å². The van der Waals surface area contributed by atoms with Crippen molar-refractivity contribution >= 4 is 11.8 Å². The Bertz CT molecular complexity index is 368. The van der Waals surface area contributed by atoms with Crippen LogP contribution in [0.4, 0.5) is 0 Å². The summed E-state index contributed by atoms with van der Waals surface area (Å²) < 4.78 is 5.21. The highest BCUT2D eigenvalue weighted by Gasteiger charge is 2.30. The van der Waals surface area contributed by atoms with E-state index in [0.717, 1.165) is 25.7 Å². The Hall–Kier alpha value is -1.38. The molecule has 0 aromatic rings. The lowest BCUT2D eigenvalue weighted by molar-refractivity contribution is -0.144. The lowest BCUT2D eigenvalue weighted by Crippen LogP contribution is -2.19. The van der Waals surface area contributed by atoms with Gasteiger partial charge < -0.3 is 4.74 Å². The summed E-state index contributed by atoms with van der Waals surface area (Å²) in [7, 11) is 0. The zero-order chi connectivity index (χ0) is 14.8. The molecule has 1 aliphatic rings. The molecule has 0 amide bonds. The quantitative estimate of drug-likeness (QED) is 0.365. The number of allylic oxidation sites excluding steroid dienone is 4. The smallest absolute Gasteiger partial charge is 0.306 e. The summed E-state index contributed by atoms with van der Waals surface area (Å²) in [5, 5.41) is 0. The molecule has 1 aliphatic carbocycles. The van der Waals surface area contributed by atoms with E-state index >= 15 is 0 Å². The maximum absolute atomic E-state index is 11.8. The van der Waals surface area contributed by atoms with Crippen LogP contribution < -0.4 is 0 Å². The maximum atomic E-state index is 11.8. The third-order valence-corrected chi connectivity index (χ3v) is 3.60. The van der Waals surface area contributed by atoms with Gasteiger partial charge in [0.15, 0.2) is 5.78 Å². The van der Waals surface area contributed by atoms with Crippen molar-refractivity contribution in [3.63, 3.8) is 0 Å². The molecule has 1 rings (SSSR count). The van der Waals surface area contributed by atoms with Crippen molar-refractivity contribution in [1.82, 2.24) is 0 Å². The van der Waals surface area contributed by atoms with Crippen molar-refractivity contribution in [2.75, 3.05) is 6.61 Å². The van der Waals surface area contributed by atoms with Gasteiger partial charge in [-0.15, -0.1) is 0 Å². The van der Waals surface area contributed by atoms with Crippen molar-refractivity contribution in [3.05, 3.63) is 24.3 Å². The lowest BCUT2D eigenvalue weighted by atomic mass is 9.89. The summed E-state index contributed by atoms with van der Waals surface area (Å²) in [6.45, 7) is 4.68. The van der Waals surface area contributed by atoms with Gasteiger partial charge in [-0.05, 0) is 31.3 Å². The minimum atomic E-state index is -0.185. The molecule has 0 aromatic heterocycles. The van der Waals surface area contributed by atoms with Gasteiger partial charge in [0.1, 0.15) is 0 Å². The maximum Gasteiger partial charge on any atom is 0.306 e. The van der Waals surface area contributed by atoms with E-state index in [-0.39, 0.29) is 23.6 Å². The first-order chi connectivity index (χ1) is 9.69. The van der Waals surface area contributed by atoms with Crippen molar-refractivity contribution in [1.29, 1.82) is 0 Å². The highest BCUT2D eigenvalue weighted by Crippen LogP contribution is 2.29. The Morgan fingerprint density at radius 2 is 2.10 bits per heavy atom. The molecule has 112 valence electrons. The lowest BCUT2D eigenvalue weighted by Gasteiger charge is -2.15. The first-order valence-corrected chi connectivity index (χ1v) is 7.71. The van der Waals surface area contributed by atoms with E-state index in [2.05, 4.69) is 19.9 Å². The number of ether oxygens (including phenoxy) is 1. The zero-order valence-corrected chi connectivity index (χ0v) is 12.6. The molecule has 0 aromatic carbocycles. The van der Waals surface area contributed by atoms with E-state index in [1.807, 2.05) is 12.2 Å². The summed E-state index contributed by atoms with van der Waals surface area (Å²) in [4.78, 5) is 23.5. The van der Waals surface area contributed by atoms with Crippen LogP contribution in [0.1, 0.15) is 52.4 Å². The molecule has 0 heterocycles. The van der Waals surface area contributed by atoms with Crippen molar-refractivity contribution in [2.45, 2.75) is 52.4 Å². The molecule has 0 fully saturated rings. The number of carbonyl (C=O) groups is 2. The third kappa shape index (κ3) is 5.72. The molecule has 0 unspecified atom stereocenters. The van der Waals surface area contributed by atoms with Crippen LogP contribution in [0.25, 0.3) is 0 Å². The van der Waals surface area contributed by atoms with E-state index in [1.165, 1.54) is 0 Å². The van der Waals surface area contributed by atoms with Gasteiger partial charge in [-0.1, -0.05) is 44.9 Å². The standard InChI is InChI=1S/C17H26O3/c1-3-5-7-9-15-14(10-11-16(15)18)13-17(19)20-12-8-6-4-2/h5,7,10-11,14-15H,3-4,6,8-9,12-13H2,1-2H3/b7-5-/t14-,15+/m0/s1. The summed E-state index contributed by atoms with van der Waals surface area (Å²) in [5.74, 6) is -0.131. The minimum Gasteiger partial charge on any atom is -0.466 e. The summed E-state index contributed by atoms with van der Waals surface area (Å²) >= 11 is 0. The highest BCUT2D eigenvalue weighted by molar-refractivity contribution is 5.95. The average Bonchev–Trinajstić information content (AvgIpc) is 2.77. The van der Waals surface area contributed by atoms with Gasteiger partial charge in [0.25, 0.3) is 0 Å². The van der Waals surface area contributed by atoms with Gasteiger partial charge in [-0.3, -0.25) is 9.59 Å². The Balaban J connectivity index is 2.36. The van der Waals surface area contributed by atoms with Gasteiger partial charge in [0, 0.05) is 5.92 Å². The van der Waals surface area contributed by atoms with Crippen LogP contribution in [-0.4, -0.2) is 18.4 Å². The molecule has 2 atom stereocenters. The highest BCUT2D eigenvalue weighted by atomic mass is 16.5. The monoisotopic (exact) mass is 278 g/mol. The van der Waals surface area contributed by atoms with Gasteiger partial charge in [-0.25, -0.2) is 0 Å². The molecule has 0 saturated carbocycles. The van der Waals surface area contributed by atoms with E-state index in [0.29, 0.717) is 19.4 Å². The number of rotatable bonds is 9. The van der Waals surface area contributed by atoms with Crippen LogP contribution in [-0.2, 0) is 14.3 Å². The fourth-order valence-corrected chi connectivity index (χ4v) is 2.39. The van der Waals surface area contributed by atoms with Crippen molar-refractivity contribution in [3.8, 4) is 0 Å². The van der Waals surface area contributed by atoms with Gasteiger partial charge in [0.2, 0.25) is 0 Å². The molecular formula is C17H26O3. The predicted octanol–water partition coefficient (Wildman–Crippen LogP) is 3.84. The number of hydrogen-bond acceptors (Lipinski definition) is 3. The Labute approximate surface area is 122 Å². The van der Waals surface area contributed by atoms with Crippen LogP contribution in [0.5, 0.6) is 0 Å². The Morgan fingerprint density at radius 3 is 2.80 bits per heavy atom. The van der Waals surface area contributed by atoms with E-state index in [9.17, 15) is 9.59 Å². The number of hydrogen-bond donors (Lipinski definition) is 0. The van der Waals surface area contributed by atoms with Crippen molar-refractivity contribution < 1.29 is 14.3 Å². The molecule has 0 aliphatic heterocycles. The first kappa shape index (κ1) is 16.7. The Morgan fingerprint density at radius 1 is 1.30 bits per heavy atom. The predicted molar refractivity (Wildman–Crippen MR) is 80.3 cm³/mol. The third-order valence-electron chi connectivity index (χ3n) is 3.60. The molecule has 3 heteroatoms. The molecule has 0 spiro atoms. The summed E-state index contributed by atoms with van der Waals surface area (Å²) in [6, 6.07) is 0. The molecule has 0 saturated heterocycles. The van der Waals surface area contributed by atoms with E-state index in [1.54, 1.807) is 6.08 Å². The van der Waals surface area contributed by atoms with E-state index < -0.39 is 0 Å². The van der Waals surface area contributed by atoms with Gasteiger partial charge in [0.05, 0.1) is 13.0 Å². The second-order valence-corrected chi connectivity index (χ2v) is 5.28. The minimum absolute atomic E-state index is 0.00248. The molecule has 20 heavy (non-hydrogen) atoms. The Kier molecular flexibility index (Phi) is 7.93. The zero-order valence-electron chi connectivity index (χ0n) is 12.6. The van der Waals surface area contributed by atoms with Gasteiger partial charge in [-0.2, -0.15) is 0 Å². The van der Waals surface area contributed by atoms with Crippen LogP contribution in [0.2, 0.25) is 0 Å². The van der Waals surface area contributed by atoms with Gasteiger partial charge >= 0.3 is 5.97 Å². The second-order valence-electron chi connectivity index (χ2n) is 5.28. The van der Waals surface area contributed by atoms with Crippen LogP contribution >= 0.6 is 0 Å². The molecule has 0 N–H and O–H groups in total. The fraction of sp³-hybridized carbons (Fsp3) is 0.647. The average molecular weight is 278 g/mol. The molecular weight excluding hydrogens is 252 g/mol. The number of carbonyl (C=O) groups excluding carboxylic acids is 2. The fourth-order valence-electron chi connectivity index (χ4n) is 2.39. The summed E-state index contributed by atoms with van der Waals surface area (Å²) in [5.41, 5.74) is 0. The number of ketones is 1. The number of unbranched alkanes of at least 4 members (excludes halogenated alkanes) is 2. The van der Waals surface area contributed by atoms with Crippen LogP contribution in [0, 0.1) is 11.8 Å². The summed E-state index contributed by atoms with van der Waals surface area (Å²) in [6.07, 6.45) is 12.7. The topological polar surface area (TPSA) is 43.4 Å². The number of esters is 1. The molecule has 0 radical (unpaired) electrons. The van der Waals surface area contributed by atoms with Crippen LogP contribution in [0.3, 0.4) is 0 Å². The van der Waals surface area contributed by atoms with E-state index in [4.69, 9.17) is 4.74 Å². The largest absolute Gasteiger partial charge is 0.466 e. The molecule has 0 bridgehead atoms. The SMILES string of the molecule is CC/C=C\C[C@H]1C(=O)C=C[C@H]1CC(=O)OCCCCC. The van der Waals surface area contributed by atoms with Crippen molar-refractivity contribution in [2.24, 2.45) is 11.8 Å². The second kappa shape index (κ2) is 9.51. The molecule has 3 nitrogen and oxygen atoms in total. The first-order valence-electron chi connectivity index (χ1n) is 7.71. The normalized spacial score (nSPS) is 21.8.